The zero-order chi connectivity index (χ0) is 12.3. The Morgan fingerprint density at radius 3 is 2.71 bits per heavy atom. The highest BCUT2D eigenvalue weighted by atomic mass is 15.0. The van der Waals surface area contributed by atoms with Crippen molar-refractivity contribution in [3.05, 3.63) is 47.4 Å². The van der Waals surface area contributed by atoms with E-state index in [1.54, 1.807) is 6.07 Å². The molecule has 0 radical (unpaired) electrons. The summed E-state index contributed by atoms with van der Waals surface area (Å²) in [6.45, 7) is 4.08. The molecule has 0 amide bonds. The van der Waals surface area contributed by atoms with Crippen molar-refractivity contribution < 1.29 is 0 Å². The van der Waals surface area contributed by atoms with E-state index in [2.05, 4.69) is 28.3 Å². The first-order valence-corrected chi connectivity index (χ1v) is 5.25. The molecule has 1 aromatic carbocycles. The molecule has 84 valence electrons. The third kappa shape index (κ3) is 2.58. The number of hydrogen-bond donors (Lipinski definition) is 1. The summed E-state index contributed by atoms with van der Waals surface area (Å²) in [6.07, 6.45) is 1.38. The molecular formula is C13H12N4. The summed E-state index contributed by atoms with van der Waals surface area (Å²) >= 11 is 0. The van der Waals surface area contributed by atoms with E-state index in [4.69, 9.17) is 5.26 Å². The van der Waals surface area contributed by atoms with Gasteiger partial charge in [0, 0.05) is 11.8 Å². The summed E-state index contributed by atoms with van der Waals surface area (Å²) in [6, 6.07) is 9.73. The number of nitrogens with zero attached hydrogens (tertiary/aromatic N) is 3. The van der Waals surface area contributed by atoms with Gasteiger partial charge in [0.1, 0.15) is 23.9 Å². The zero-order valence-electron chi connectivity index (χ0n) is 9.73. The Morgan fingerprint density at radius 2 is 2.00 bits per heavy atom. The van der Waals surface area contributed by atoms with Crippen molar-refractivity contribution in [1.29, 1.82) is 5.26 Å². The normalized spacial score (nSPS) is 9.71. The average Bonchev–Trinajstić information content (AvgIpc) is 2.33. The molecule has 4 heteroatoms. The number of anilines is 2. The van der Waals surface area contributed by atoms with Crippen LogP contribution in [0.4, 0.5) is 11.5 Å². The molecule has 0 aliphatic carbocycles. The third-order valence-electron chi connectivity index (χ3n) is 2.43. The van der Waals surface area contributed by atoms with Gasteiger partial charge >= 0.3 is 0 Å². The minimum absolute atomic E-state index is 0.354. The fourth-order valence-corrected chi connectivity index (χ4v) is 1.58. The summed E-state index contributed by atoms with van der Waals surface area (Å²) < 4.78 is 0. The Morgan fingerprint density at radius 1 is 1.18 bits per heavy atom. The second-order valence-electron chi connectivity index (χ2n) is 3.84. The van der Waals surface area contributed by atoms with Gasteiger partial charge in [0.2, 0.25) is 0 Å². The van der Waals surface area contributed by atoms with Crippen molar-refractivity contribution in [2.45, 2.75) is 13.8 Å². The van der Waals surface area contributed by atoms with Gasteiger partial charge in [-0.2, -0.15) is 5.26 Å². The van der Waals surface area contributed by atoms with Crippen molar-refractivity contribution in [2.24, 2.45) is 0 Å². The molecule has 2 aromatic rings. The quantitative estimate of drug-likeness (QED) is 0.851. The lowest BCUT2D eigenvalue weighted by molar-refractivity contribution is 1.14. The predicted octanol–water partition coefficient (Wildman–Crippen LogP) is 2.71. The molecule has 1 N–H and O–H groups in total. The highest BCUT2D eigenvalue weighted by Gasteiger charge is 2.01. The van der Waals surface area contributed by atoms with Crippen LogP contribution < -0.4 is 5.32 Å². The van der Waals surface area contributed by atoms with Gasteiger partial charge in [0.25, 0.3) is 0 Å². The maximum absolute atomic E-state index is 8.75. The summed E-state index contributed by atoms with van der Waals surface area (Å²) in [5.74, 6) is 0.628. The molecule has 0 aliphatic rings. The molecule has 0 aliphatic heterocycles. The molecule has 0 spiro atoms. The van der Waals surface area contributed by atoms with Gasteiger partial charge < -0.3 is 5.32 Å². The van der Waals surface area contributed by atoms with Gasteiger partial charge in [-0.05, 0) is 25.5 Å². The fourth-order valence-electron chi connectivity index (χ4n) is 1.58. The molecule has 2 rings (SSSR count). The largest absolute Gasteiger partial charge is 0.340 e. The summed E-state index contributed by atoms with van der Waals surface area (Å²) in [7, 11) is 0. The van der Waals surface area contributed by atoms with Crippen LogP contribution >= 0.6 is 0 Å². The van der Waals surface area contributed by atoms with Gasteiger partial charge in [-0.1, -0.05) is 17.7 Å². The van der Waals surface area contributed by atoms with Crippen LogP contribution in [0.2, 0.25) is 0 Å². The van der Waals surface area contributed by atoms with Crippen molar-refractivity contribution >= 4 is 11.5 Å². The SMILES string of the molecule is Cc1ccc(Nc2cc(C#N)ncn2)c(C)c1. The Hall–Kier alpha value is -2.41. The van der Waals surface area contributed by atoms with Crippen LogP contribution in [0.5, 0.6) is 0 Å². The predicted molar refractivity (Wildman–Crippen MR) is 65.9 cm³/mol. The number of aryl methyl sites for hydroxylation is 2. The van der Waals surface area contributed by atoms with Crippen molar-refractivity contribution in [2.75, 3.05) is 5.32 Å². The number of nitriles is 1. The number of nitrogens with one attached hydrogen (secondary N) is 1. The van der Waals surface area contributed by atoms with Crippen LogP contribution in [0.3, 0.4) is 0 Å². The third-order valence-corrected chi connectivity index (χ3v) is 2.43. The van der Waals surface area contributed by atoms with E-state index >= 15 is 0 Å². The lowest BCUT2D eigenvalue weighted by Gasteiger charge is -2.09. The van der Waals surface area contributed by atoms with E-state index < -0.39 is 0 Å². The van der Waals surface area contributed by atoms with Gasteiger partial charge in [0.15, 0.2) is 0 Å². The molecule has 4 nitrogen and oxygen atoms in total. The standard InChI is InChI=1S/C13H12N4/c1-9-3-4-12(10(2)5-9)17-13-6-11(7-14)15-8-16-13/h3-6,8H,1-2H3,(H,15,16,17). The van der Waals surface area contributed by atoms with E-state index in [0.717, 1.165) is 11.3 Å². The van der Waals surface area contributed by atoms with Gasteiger partial charge in [-0.25, -0.2) is 9.97 Å². The molecule has 0 bridgehead atoms. The Bertz CT molecular complexity index is 584. The summed E-state index contributed by atoms with van der Waals surface area (Å²) in [5.41, 5.74) is 3.70. The van der Waals surface area contributed by atoms with Gasteiger partial charge in [0.05, 0.1) is 0 Å². The van der Waals surface area contributed by atoms with Crippen LogP contribution in [0.15, 0.2) is 30.6 Å². The molecular weight excluding hydrogens is 212 g/mol. The highest BCUT2D eigenvalue weighted by Crippen LogP contribution is 2.20. The zero-order valence-corrected chi connectivity index (χ0v) is 9.73. The lowest BCUT2D eigenvalue weighted by atomic mass is 10.1. The Balaban J connectivity index is 2.28. The lowest BCUT2D eigenvalue weighted by Crippen LogP contribution is -1.97. The maximum atomic E-state index is 8.75. The molecule has 0 saturated carbocycles. The first kappa shape index (κ1) is 11.1. The molecule has 0 atom stereocenters. The topological polar surface area (TPSA) is 61.6 Å². The second kappa shape index (κ2) is 4.62. The van der Waals surface area contributed by atoms with Crippen LogP contribution in [-0.2, 0) is 0 Å². The first-order valence-electron chi connectivity index (χ1n) is 5.25. The van der Waals surface area contributed by atoms with E-state index in [0.29, 0.717) is 11.5 Å². The van der Waals surface area contributed by atoms with Crippen LogP contribution in [-0.4, -0.2) is 9.97 Å². The monoisotopic (exact) mass is 224 g/mol. The van der Waals surface area contributed by atoms with E-state index in [1.165, 1.54) is 11.9 Å². The Kier molecular flexibility index (Phi) is 3.01. The number of rotatable bonds is 2. The van der Waals surface area contributed by atoms with Gasteiger partial charge in [-0.15, -0.1) is 0 Å². The van der Waals surface area contributed by atoms with E-state index in [9.17, 15) is 0 Å². The molecule has 17 heavy (non-hydrogen) atoms. The average molecular weight is 224 g/mol. The number of benzene rings is 1. The second-order valence-corrected chi connectivity index (χ2v) is 3.84. The molecule has 0 saturated heterocycles. The van der Waals surface area contributed by atoms with Crippen molar-refractivity contribution in [3.63, 3.8) is 0 Å². The van der Waals surface area contributed by atoms with Crippen LogP contribution in [0.1, 0.15) is 16.8 Å². The number of hydrogen-bond acceptors (Lipinski definition) is 4. The molecule has 1 aromatic heterocycles. The van der Waals surface area contributed by atoms with E-state index in [1.807, 2.05) is 25.1 Å². The molecule has 0 fully saturated rings. The maximum Gasteiger partial charge on any atom is 0.145 e. The Labute approximate surface area is 100.0 Å². The highest BCUT2D eigenvalue weighted by molar-refractivity contribution is 5.61. The van der Waals surface area contributed by atoms with E-state index in [-0.39, 0.29) is 0 Å². The van der Waals surface area contributed by atoms with Crippen LogP contribution in [0.25, 0.3) is 0 Å². The summed E-state index contributed by atoms with van der Waals surface area (Å²) in [5, 5.41) is 11.9. The minimum atomic E-state index is 0.354. The van der Waals surface area contributed by atoms with Crippen LogP contribution in [0, 0.1) is 25.2 Å². The van der Waals surface area contributed by atoms with Crippen molar-refractivity contribution in [3.8, 4) is 6.07 Å². The minimum Gasteiger partial charge on any atom is -0.340 e. The fraction of sp³-hybridized carbons (Fsp3) is 0.154. The molecule has 0 unspecified atom stereocenters. The smallest absolute Gasteiger partial charge is 0.145 e. The molecule has 1 heterocycles. The number of aromatic nitrogens is 2. The van der Waals surface area contributed by atoms with Gasteiger partial charge in [-0.3, -0.25) is 0 Å². The summed E-state index contributed by atoms with van der Waals surface area (Å²) in [4.78, 5) is 7.90. The van der Waals surface area contributed by atoms with Crippen molar-refractivity contribution in [1.82, 2.24) is 9.97 Å². The first-order chi connectivity index (χ1) is 8.19.